The SMILES string of the molecule is C[C@H](CNCC(=O)O)[C@H]1CC[C@H]2[C@@H]3CC=C4C[C@@H](O)CC[C@]4(C)[C@H]3CC[C@]12C. The first-order chi connectivity index (χ1) is 13.3. The Bertz CT molecular complexity index is 646. The molecule has 4 nitrogen and oxygen atoms in total. The van der Waals surface area contributed by atoms with Crippen LogP contribution in [0.25, 0.3) is 0 Å². The zero-order valence-corrected chi connectivity index (χ0v) is 17.9. The van der Waals surface area contributed by atoms with E-state index in [0.717, 1.165) is 43.6 Å². The lowest BCUT2D eigenvalue weighted by Crippen LogP contribution is -2.51. The van der Waals surface area contributed by atoms with Crippen molar-refractivity contribution in [3.63, 3.8) is 0 Å². The number of carbonyl (C=O) groups is 1. The van der Waals surface area contributed by atoms with Gasteiger partial charge in [-0.15, -0.1) is 0 Å². The summed E-state index contributed by atoms with van der Waals surface area (Å²) in [6.45, 7) is 8.25. The maximum Gasteiger partial charge on any atom is 0.317 e. The van der Waals surface area contributed by atoms with Crippen LogP contribution in [0.4, 0.5) is 0 Å². The minimum absolute atomic E-state index is 0.0691. The predicted octanol–water partition coefficient (Wildman–Crippen LogP) is 4.24. The van der Waals surface area contributed by atoms with Crippen LogP contribution in [-0.4, -0.2) is 35.4 Å². The lowest BCUT2D eigenvalue weighted by atomic mass is 9.47. The van der Waals surface area contributed by atoms with Gasteiger partial charge in [0.1, 0.15) is 0 Å². The summed E-state index contributed by atoms with van der Waals surface area (Å²) in [5.74, 6) is 2.86. The van der Waals surface area contributed by atoms with Crippen molar-refractivity contribution in [2.45, 2.75) is 78.2 Å². The van der Waals surface area contributed by atoms with Gasteiger partial charge in [-0.3, -0.25) is 4.79 Å². The molecule has 4 aliphatic carbocycles. The molecule has 0 saturated heterocycles. The van der Waals surface area contributed by atoms with Crippen LogP contribution < -0.4 is 5.32 Å². The average Bonchev–Trinajstić information content (AvgIpc) is 2.99. The highest BCUT2D eigenvalue weighted by Crippen LogP contribution is 2.67. The Morgan fingerprint density at radius 3 is 2.75 bits per heavy atom. The number of rotatable bonds is 5. The van der Waals surface area contributed by atoms with Crippen LogP contribution in [0.15, 0.2) is 11.6 Å². The Morgan fingerprint density at radius 1 is 1.21 bits per heavy atom. The minimum atomic E-state index is -0.765. The van der Waals surface area contributed by atoms with Crippen molar-refractivity contribution in [1.29, 1.82) is 0 Å². The number of carboxylic acid groups (broad SMARTS) is 1. The topological polar surface area (TPSA) is 69.6 Å². The first-order valence-corrected chi connectivity index (χ1v) is 11.6. The maximum absolute atomic E-state index is 10.8. The van der Waals surface area contributed by atoms with Gasteiger partial charge in [0.05, 0.1) is 12.6 Å². The third-order valence-electron chi connectivity index (χ3n) is 9.58. The van der Waals surface area contributed by atoms with Crippen LogP contribution in [0.5, 0.6) is 0 Å². The molecule has 0 amide bonds. The molecule has 4 aliphatic rings. The average molecular weight is 390 g/mol. The van der Waals surface area contributed by atoms with E-state index in [1.165, 1.54) is 32.1 Å². The molecule has 0 aromatic rings. The van der Waals surface area contributed by atoms with Crippen molar-refractivity contribution >= 4 is 5.97 Å². The fourth-order valence-corrected chi connectivity index (χ4v) is 8.17. The molecule has 28 heavy (non-hydrogen) atoms. The van der Waals surface area contributed by atoms with Gasteiger partial charge in [0.15, 0.2) is 0 Å². The molecule has 158 valence electrons. The van der Waals surface area contributed by atoms with Crippen molar-refractivity contribution in [3.8, 4) is 0 Å². The molecule has 3 N–H and O–H groups in total. The Hall–Kier alpha value is -0.870. The summed E-state index contributed by atoms with van der Waals surface area (Å²) in [6, 6.07) is 0. The summed E-state index contributed by atoms with van der Waals surface area (Å²) in [4.78, 5) is 10.8. The van der Waals surface area contributed by atoms with E-state index in [1.54, 1.807) is 5.57 Å². The van der Waals surface area contributed by atoms with Crippen molar-refractivity contribution in [1.82, 2.24) is 5.32 Å². The van der Waals surface area contributed by atoms with Crippen LogP contribution in [0.2, 0.25) is 0 Å². The number of hydrogen-bond donors (Lipinski definition) is 3. The molecule has 0 heterocycles. The van der Waals surface area contributed by atoms with Gasteiger partial charge < -0.3 is 15.5 Å². The molecule has 0 unspecified atom stereocenters. The van der Waals surface area contributed by atoms with E-state index in [2.05, 4.69) is 32.2 Å². The van der Waals surface area contributed by atoms with Gasteiger partial charge in [-0.05, 0) is 98.3 Å². The van der Waals surface area contributed by atoms with Crippen LogP contribution in [0.1, 0.15) is 72.1 Å². The van der Waals surface area contributed by atoms with Crippen LogP contribution >= 0.6 is 0 Å². The summed E-state index contributed by atoms with van der Waals surface area (Å²) in [5.41, 5.74) is 2.27. The van der Waals surface area contributed by atoms with Gasteiger partial charge in [-0.2, -0.15) is 0 Å². The highest BCUT2D eigenvalue weighted by atomic mass is 16.4. The quantitative estimate of drug-likeness (QED) is 0.615. The molecule has 3 fully saturated rings. The van der Waals surface area contributed by atoms with Gasteiger partial charge in [0.25, 0.3) is 0 Å². The standard InChI is InChI=1S/C24H39NO3/c1-15(13-25-14-22(27)28)19-6-7-20-18-5-4-16-12-17(26)8-10-23(16,2)21(18)9-11-24(19,20)3/h4,15,17-21,25-26H,5-14H2,1-3H3,(H,27,28)/t15-,17+,18+,19-,20+,21+,23+,24-/m1/s1. The van der Waals surface area contributed by atoms with E-state index < -0.39 is 5.97 Å². The molecule has 4 rings (SSSR count). The molecule has 8 atom stereocenters. The first-order valence-electron chi connectivity index (χ1n) is 11.6. The molecule has 0 spiro atoms. The summed E-state index contributed by atoms with van der Waals surface area (Å²) in [6.07, 6.45) is 11.9. The molecule has 0 radical (unpaired) electrons. The van der Waals surface area contributed by atoms with Crippen molar-refractivity contribution in [2.75, 3.05) is 13.1 Å². The number of nitrogens with one attached hydrogen (secondary N) is 1. The second-order valence-corrected chi connectivity index (χ2v) is 10.9. The van der Waals surface area contributed by atoms with Crippen molar-refractivity contribution < 1.29 is 15.0 Å². The minimum Gasteiger partial charge on any atom is -0.480 e. The molecule has 4 heteroatoms. The summed E-state index contributed by atoms with van der Waals surface area (Å²) in [5, 5.41) is 22.2. The van der Waals surface area contributed by atoms with Gasteiger partial charge >= 0.3 is 5.97 Å². The second kappa shape index (κ2) is 7.43. The smallest absolute Gasteiger partial charge is 0.317 e. The second-order valence-electron chi connectivity index (χ2n) is 10.9. The van der Waals surface area contributed by atoms with E-state index in [4.69, 9.17) is 5.11 Å². The summed E-state index contributed by atoms with van der Waals surface area (Å²) in [7, 11) is 0. The molecular weight excluding hydrogens is 350 g/mol. The Morgan fingerprint density at radius 2 is 2.00 bits per heavy atom. The lowest BCUT2D eigenvalue weighted by Gasteiger charge is -2.58. The molecule has 3 saturated carbocycles. The third kappa shape index (κ3) is 3.25. The number of carboxylic acids is 1. The van der Waals surface area contributed by atoms with E-state index in [-0.39, 0.29) is 12.6 Å². The Balaban J connectivity index is 1.50. The van der Waals surface area contributed by atoms with Gasteiger partial charge in [0, 0.05) is 0 Å². The number of fused-ring (bicyclic) bond motifs is 5. The van der Waals surface area contributed by atoms with Crippen LogP contribution in [-0.2, 0) is 4.79 Å². The normalized spacial score (nSPS) is 46.1. The van der Waals surface area contributed by atoms with E-state index in [1.807, 2.05) is 0 Å². The predicted molar refractivity (Wildman–Crippen MR) is 111 cm³/mol. The highest BCUT2D eigenvalue weighted by molar-refractivity contribution is 5.68. The molecule has 0 bridgehead atoms. The van der Waals surface area contributed by atoms with Gasteiger partial charge in [-0.25, -0.2) is 0 Å². The van der Waals surface area contributed by atoms with Crippen molar-refractivity contribution in [2.24, 2.45) is 40.4 Å². The number of aliphatic hydroxyl groups excluding tert-OH is 1. The Labute approximate surface area is 170 Å². The van der Waals surface area contributed by atoms with E-state index in [0.29, 0.717) is 22.7 Å². The summed E-state index contributed by atoms with van der Waals surface area (Å²) < 4.78 is 0. The molecular formula is C24H39NO3. The van der Waals surface area contributed by atoms with Gasteiger partial charge in [0.2, 0.25) is 0 Å². The maximum atomic E-state index is 10.8. The zero-order chi connectivity index (χ0) is 20.1. The van der Waals surface area contributed by atoms with E-state index in [9.17, 15) is 9.90 Å². The largest absolute Gasteiger partial charge is 0.480 e. The number of hydrogen-bond acceptors (Lipinski definition) is 3. The highest BCUT2D eigenvalue weighted by Gasteiger charge is 2.59. The summed E-state index contributed by atoms with van der Waals surface area (Å²) >= 11 is 0. The fourth-order valence-electron chi connectivity index (χ4n) is 8.17. The third-order valence-corrected chi connectivity index (χ3v) is 9.58. The molecule has 0 aromatic heterocycles. The van der Waals surface area contributed by atoms with Crippen molar-refractivity contribution in [3.05, 3.63) is 11.6 Å². The lowest BCUT2D eigenvalue weighted by molar-refractivity contribution is -0.136. The zero-order valence-electron chi connectivity index (χ0n) is 17.9. The Kier molecular flexibility index (Phi) is 5.41. The first kappa shape index (κ1) is 20.4. The monoisotopic (exact) mass is 389 g/mol. The number of aliphatic carboxylic acids is 1. The molecule has 0 aromatic carbocycles. The van der Waals surface area contributed by atoms with Crippen LogP contribution in [0, 0.1) is 40.4 Å². The van der Waals surface area contributed by atoms with Crippen LogP contribution in [0.3, 0.4) is 0 Å². The number of aliphatic hydroxyl groups is 1. The van der Waals surface area contributed by atoms with E-state index >= 15 is 0 Å². The number of allylic oxidation sites excluding steroid dienone is 1. The fraction of sp³-hybridized carbons (Fsp3) is 0.875. The molecule has 0 aliphatic heterocycles. The van der Waals surface area contributed by atoms with Gasteiger partial charge in [-0.1, -0.05) is 32.4 Å².